The van der Waals surface area contributed by atoms with Gasteiger partial charge in [-0.1, -0.05) is 48.5 Å². The molecule has 6 aromatic carbocycles. The SMILES string of the molecule is C[C@H](C(=O)Oc1ccc(/C=N\NC(=O)COc2cc(S(=O)(=O)O)c3ccc4c(S(=O)(=O)O)cc(S(=O)(=O)O)c5ccc2c3c54)cc1)c1ccccc1. The lowest BCUT2D eigenvalue weighted by Crippen LogP contribution is -2.24. The first-order chi connectivity index (χ1) is 24.4. The Labute approximate surface area is 296 Å². The summed E-state index contributed by atoms with van der Waals surface area (Å²) in [5, 5.41) is 2.95. The number of hydrazone groups is 1. The third kappa shape index (κ3) is 7.29. The van der Waals surface area contributed by atoms with Gasteiger partial charge in [-0.3, -0.25) is 23.2 Å². The van der Waals surface area contributed by atoms with E-state index in [4.69, 9.17) is 9.47 Å². The second kappa shape index (κ2) is 13.6. The highest BCUT2D eigenvalue weighted by Crippen LogP contribution is 2.45. The molecular weight excluding hydrogens is 741 g/mol. The Morgan fingerprint density at radius 1 is 0.712 bits per heavy atom. The van der Waals surface area contributed by atoms with Gasteiger partial charge in [0.15, 0.2) is 6.61 Å². The van der Waals surface area contributed by atoms with E-state index in [9.17, 15) is 48.5 Å². The van der Waals surface area contributed by atoms with Crippen molar-refractivity contribution < 1.29 is 58.0 Å². The van der Waals surface area contributed by atoms with Crippen LogP contribution in [0, 0.1) is 0 Å². The first-order valence-electron chi connectivity index (χ1n) is 15.0. The van der Waals surface area contributed by atoms with Gasteiger partial charge in [0.25, 0.3) is 36.3 Å². The van der Waals surface area contributed by atoms with Crippen molar-refractivity contribution in [2.45, 2.75) is 27.5 Å². The van der Waals surface area contributed by atoms with Crippen LogP contribution in [-0.2, 0) is 39.9 Å². The molecule has 0 bridgehead atoms. The summed E-state index contributed by atoms with van der Waals surface area (Å²) >= 11 is 0. The molecule has 1 atom stereocenters. The molecule has 0 aromatic heterocycles. The molecule has 4 N–H and O–H groups in total. The molecule has 0 aliphatic rings. The van der Waals surface area contributed by atoms with Gasteiger partial charge in [-0.15, -0.1) is 0 Å². The fourth-order valence-electron chi connectivity index (χ4n) is 5.68. The van der Waals surface area contributed by atoms with E-state index in [1.807, 2.05) is 30.3 Å². The maximum atomic E-state index is 12.7. The van der Waals surface area contributed by atoms with Gasteiger partial charge in [-0.2, -0.15) is 30.4 Å². The van der Waals surface area contributed by atoms with Crippen molar-refractivity contribution >= 4 is 80.8 Å². The minimum absolute atomic E-state index is 0.0597. The van der Waals surface area contributed by atoms with Crippen LogP contribution in [-0.4, -0.2) is 63.6 Å². The van der Waals surface area contributed by atoms with Crippen LogP contribution in [0.1, 0.15) is 24.0 Å². The van der Waals surface area contributed by atoms with Crippen LogP contribution < -0.4 is 14.9 Å². The summed E-state index contributed by atoms with van der Waals surface area (Å²) in [5.74, 6) is -1.73. The van der Waals surface area contributed by atoms with Crippen LogP contribution in [0.3, 0.4) is 0 Å². The van der Waals surface area contributed by atoms with Crippen molar-refractivity contribution in [2.24, 2.45) is 5.10 Å². The number of amides is 1. The number of hydrogen-bond donors (Lipinski definition) is 4. The van der Waals surface area contributed by atoms with Crippen molar-refractivity contribution in [3.8, 4) is 11.5 Å². The Bertz CT molecular complexity index is 2700. The highest BCUT2D eigenvalue weighted by Gasteiger charge is 2.28. The van der Waals surface area contributed by atoms with Gasteiger partial charge in [0.1, 0.15) is 26.2 Å². The molecule has 0 fully saturated rings. The van der Waals surface area contributed by atoms with Gasteiger partial charge in [0.05, 0.1) is 12.1 Å². The van der Waals surface area contributed by atoms with Crippen molar-refractivity contribution in [1.82, 2.24) is 5.43 Å². The van der Waals surface area contributed by atoms with Crippen LogP contribution in [0.15, 0.2) is 111 Å². The molecular formula is C34H26N2O13S3. The van der Waals surface area contributed by atoms with E-state index in [1.165, 1.54) is 18.3 Å². The second-order valence-electron chi connectivity index (χ2n) is 11.4. The third-order valence-corrected chi connectivity index (χ3v) is 10.8. The van der Waals surface area contributed by atoms with E-state index >= 15 is 0 Å². The summed E-state index contributed by atoms with van der Waals surface area (Å²) < 4.78 is 115. The molecule has 0 aliphatic heterocycles. The maximum Gasteiger partial charge on any atom is 0.318 e. The van der Waals surface area contributed by atoms with Crippen molar-refractivity contribution in [2.75, 3.05) is 6.61 Å². The minimum atomic E-state index is -5.09. The van der Waals surface area contributed by atoms with Gasteiger partial charge in [-0.25, -0.2) is 5.43 Å². The van der Waals surface area contributed by atoms with E-state index in [0.717, 1.165) is 23.8 Å². The van der Waals surface area contributed by atoms with Gasteiger partial charge in [0, 0.05) is 38.4 Å². The Hall–Kier alpha value is -5.50. The topological polar surface area (TPSA) is 240 Å². The molecule has 0 heterocycles. The molecule has 268 valence electrons. The lowest BCUT2D eigenvalue weighted by molar-refractivity contribution is -0.135. The van der Waals surface area contributed by atoms with E-state index < -0.39 is 69.4 Å². The predicted octanol–water partition coefficient (Wildman–Crippen LogP) is 4.56. The molecule has 1 amide bonds. The van der Waals surface area contributed by atoms with Crippen LogP contribution in [0.5, 0.6) is 11.5 Å². The van der Waals surface area contributed by atoms with E-state index in [-0.39, 0.29) is 38.1 Å². The summed E-state index contributed by atoms with van der Waals surface area (Å²) in [6.07, 6.45) is 1.29. The Morgan fingerprint density at radius 3 is 1.75 bits per heavy atom. The standard InChI is InChI=1S/C34H26N2O13S3/c1-19(21-5-3-2-4-6-21)34(38)49-22-9-7-20(8-10-22)17-35-36-31(37)18-48-27-15-28(50(39,40)41)24-13-14-26-30(52(45,46)47)16-29(51(42,43)44)25-12-11-23(27)32(24)33(25)26/h2-17,19H,18H2,1H3,(H,36,37)(H,39,40,41)(H,42,43,44)(H,45,46,47)/b35-17-/t19-/m0/s1. The molecule has 6 rings (SSSR count). The first-order valence-corrected chi connectivity index (χ1v) is 19.3. The predicted molar refractivity (Wildman–Crippen MR) is 188 cm³/mol. The molecule has 0 aliphatic carbocycles. The number of ether oxygens (including phenoxy) is 2. The molecule has 0 saturated heterocycles. The highest BCUT2D eigenvalue weighted by molar-refractivity contribution is 7.87. The number of nitrogens with zero attached hydrogens (tertiary/aromatic N) is 1. The Kier molecular flexibility index (Phi) is 9.47. The Balaban J connectivity index is 1.25. The Morgan fingerprint density at radius 2 is 1.21 bits per heavy atom. The zero-order valence-electron chi connectivity index (χ0n) is 26.6. The second-order valence-corrected chi connectivity index (χ2v) is 15.6. The molecule has 15 nitrogen and oxygen atoms in total. The van der Waals surface area contributed by atoms with Gasteiger partial charge in [0.2, 0.25) is 0 Å². The van der Waals surface area contributed by atoms with E-state index in [1.54, 1.807) is 31.2 Å². The van der Waals surface area contributed by atoms with Gasteiger partial charge in [-0.05, 0) is 54.4 Å². The lowest BCUT2D eigenvalue weighted by Gasteiger charge is -2.18. The van der Waals surface area contributed by atoms with Crippen molar-refractivity contribution in [1.29, 1.82) is 0 Å². The van der Waals surface area contributed by atoms with E-state index in [0.29, 0.717) is 17.4 Å². The fourth-order valence-corrected chi connectivity index (χ4v) is 7.89. The summed E-state index contributed by atoms with van der Waals surface area (Å²) in [6, 6.07) is 21.6. The number of nitrogens with one attached hydrogen (secondary N) is 1. The number of hydrogen-bond acceptors (Lipinski definition) is 11. The molecule has 0 spiro atoms. The lowest BCUT2D eigenvalue weighted by atomic mass is 9.93. The monoisotopic (exact) mass is 766 g/mol. The summed E-state index contributed by atoms with van der Waals surface area (Å²) in [4.78, 5) is 22.7. The zero-order chi connectivity index (χ0) is 37.6. The molecule has 0 saturated carbocycles. The number of carbonyl (C=O) groups excluding carboxylic acids is 2. The number of rotatable bonds is 11. The molecule has 0 unspecified atom stereocenters. The van der Waals surface area contributed by atoms with E-state index in [2.05, 4.69) is 10.5 Å². The molecule has 6 aromatic rings. The number of carbonyl (C=O) groups is 2. The quantitative estimate of drug-likeness (QED) is 0.0354. The van der Waals surface area contributed by atoms with Crippen molar-refractivity contribution in [3.05, 3.63) is 102 Å². The van der Waals surface area contributed by atoms with Crippen LogP contribution >= 0.6 is 0 Å². The smallest absolute Gasteiger partial charge is 0.318 e. The van der Waals surface area contributed by atoms with Crippen LogP contribution in [0.2, 0.25) is 0 Å². The van der Waals surface area contributed by atoms with Crippen LogP contribution in [0.4, 0.5) is 0 Å². The minimum Gasteiger partial charge on any atom is -0.483 e. The summed E-state index contributed by atoms with van der Waals surface area (Å²) in [5.41, 5.74) is 3.56. The molecule has 52 heavy (non-hydrogen) atoms. The fraction of sp³-hybridized carbons (Fsp3) is 0.0882. The summed E-state index contributed by atoms with van der Waals surface area (Å²) in [7, 11) is -15.2. The maximum absolute atomic E-state index is 12.7. The average Bonchev–Trinajstić information content (AvgIpc) is 3.08. The van der Waals surface area contributed by atoms with Crippen LogP contribution in [0.25, 0.3) is 32.3 Å². The normalized spacial score (nSPS) is 13.2. The largest absolute Gasteiger partial charge is 0.483 e. The third-order valence-electron chi connectivity index (χ3n) is 8.09. The highest BCUT2D eigenvalue weighted by atomic mass is 32.2. The summed E-state index contributed by atoms with van der Waals surface area (Å²) in [6.45, 7) is 0.986. The van der Waals surface area contributed by atoms with Crippen molar-refractivity contribution in [3.63, 3.8) is 0 Å². The van der Waals surface area contributed by atoms with Gasteiger partial charge >= 0.3 is 5.97 Å². The molecule has 18 heteroatoms. The molecule has 0 radical (unpaired) electrons. The average molecular weight is 767 g/mol. The number of esters is 1. The number of benzene rings is 6. The van der Waals surface area contributed by atoms with Gasteiger partial charge < -0.3 is 9.47 Å². The zero-order valence-corrected chi connectivity index (χ0v) is 29.1. The first kappa shape index (κ1) is 36.3.